The average molecular weight is 227 g/mol. The summed E-state index contributed by atoms with van der Waals surface area (Å²) >= 11 is 0. The van der Waals surface area contributed by atoms with Crippen molar-refractivity contribution in [2.75, 3.05) is 6.54 Å². The quantitative estimate of drug-likeness (QED) is 0.273. The van der Waals surface area contributed by atoms with Crippen LogP contribution in [0.5, 0.6) is 0 Å². The first-order valence-corrected chi connectivity index (χ1v) is 5.85. The normalized spacial score (nSPS) is 26.2. The van der Waals surface area contributed by atoms with E-state index in [1.165, 1.54) is 6.42 Å². The van der Waals surface area contributed by atoms with Gasteiger partial charge in [-0.3, -0.25) is 4.79 Å². The molecule has 3 unspecified atom stereocenters. The Hall–Kier alpha value is -1.26. The van der Waals surface area contributed by atoms with E-state index in [4.69, 9.17) is 10.9 Å². The molecule has 0 saturated heterocycles. The predicted molar refractivity (Wildman–Crippen MR) is 62.1 cm³/mol. The number of amides is 1. The van der Waals surface area contributed by atoms with E-state index in [1.807, 2.05) is 6.92 Å². The molecule has 1 aliphatic rings. The van der Waals surface area contributed by atoms with Crippen molar-refractivity contribution in [3.63, 3.8) is 0 Å². The molecule has 92 valence electrons. The van der Waals surface area contributed by atoms with E-state index in [9.17, 15) is 4.79 Å². The maximum Gasteiger partial charge on any atom is 0.230 e. The van der Waals surface area contributed by atoms with Crippen LogP contribution in [0.25, 0.3) is 0 Å². The largest absolute Gasteiger partial charge is 0.409 e. The van der Waals surface area contributed by atoms with Gasteiger partial charge in [0.05, 0.1) is 5.92 Å². The molecule has 1 amide bonds. The molecule has 1 fully saturated rings. The van der Waals surface area contributed by atoms with E-state index in [0.717, 1.165) is 6.42 Å². The number of hydrogen-bond donors (Lipinski definition) is 3. The van der Waals surface area contributed by atoms with E-state index in [1.54, 1.807) is 0 Å². The van der Waals surface area contributed by atoms with Gasteiger partial charge in [0.15, 0.2) is 5.84 Å². The van der Waals surface area contributed by atoms with Gasteiger partial charge in [0.1, 0.15) is 0 Å². The number of carbonyl (C=O) groups is 1. The van der Waals surface area contributed by atoms with Gasteiger partial charge >= 0.3 is 0 Å². The van der Waals surface area contributed by atoms with Gasteiger partial charge in [-0.15, -0.1) is 0 Å². The lowest BCUT2D eigenvalue weighted by molar-refractivity contribution is -0.123. The maximum atomic E-state index is 11.8. The first-order chi connectivity index (χ1) is 7.60. The van der Waals surface area contributed by atoms with Gasteiger partial charge in [-0.25, -0.2) is 0 Å². The summed E-state index contributed by atoms with van der Waals surface area (Å²) in [5.74, 6) is 0.704. The number of oxime groups is 1. The highest BCUT2D eigenvalue weighted by atomic mass is 16.4. The monoisotopic (exact) mass is 227 g/mol. The minimum atomic E-state index is -0.496. The fourth-order valence-electron chi connectivity index (χ4n) is 1.81. The summed E-state index contributed by atoms with van der Waals surface area (Å²) in [5, 5.41) is 14.4. The van der Waals surface area contributed by atoms with E-state index in [0.29, 0.717) is 24.8 Å². The molecule has 0 aromatic carbocycles. The summed E-state index contributed by atoms with van der Waals surface area (Å²) in [7, 11) is 0. The lowest BCUT2D eigenvalue weighted by atomic mass is 10.0. The summed E-state index contributed by atoms with van der Waals surface area (Å²) in [6.45, 7) is 4.84. The van der Waals surface area contributed by atoms with Crippen molar-refractivity contribution < 1.29 is 10.0 Å². The summed E-state index contributed by atoms with van der Waals surface area (Å²) in [6, 6.07) is 0. The Kier molecular flexibility index (Phi) is 4.58. The highest BCUT2D eigenvalue weighted by Gasteiger charge is 2.33. The second kappa shape index (κ2) is 5.72. The highest BCUT2D eigenvalue weighted by molar-refractivity contribution is 6.02. The minimum absolute atomic E-state index is 0.00296. The van der Waals surface area contributed by atoms with Crippen molar-refractivity contribution in [3.05, 3.63) is 0 Å². The molecule has 1 aliphatic carbocycles. The van der Waals surface area contributed by atoms with Gasteiger partial charge in [-0.1, -0.05) is 25.4 Å². The van der Waals surface area contributed by atoms with Crippen LogP contribution < -0.4 is 11.1 Å². The Balaban J connectivity index is 2.40. The summed E-state index contributed by atoms with van der Waals surface area (Å²) in [4.78, 5) is 11.8. The zero-order chi connectivity index (χ0) is 12.1. The van der Waals surface area contributed by atoms with Crippen LogP contribution in [0.3, 0.4) is 0 Å². The molecular formula is C11H21N3O2. The lowest BCUT2D eigenvalue weighted by Crippen LogP contribution is -2.39. The summed E-state index contributed by atoms with van der Waals surface area (Å²) in [5.41, 5.74) is 5.49. The highest BCUT2D eigenvalue weighted by Crippen LogP contribution is 2.36. The molecule has 1 rings (SSSR count). The van der Waals surface area contributed by atoms with Crippen molar-refractivity contribution in [1.82, 2.24) is 5.32 Å². The molecule has 0 radical (unpaired) electrons. The number of nitrogens with one attached hydrogen (secondary N) is 1. The number of nitrogens with zero attached hydrogens (tertiary/aromatic N) is 1. The molecule has 0 spiro atoms. The fraction of sp³-hybridized carbons (Fsp3) is 0.818. The molecule has 0 heterocycles. The average Bonchev–Trinajstić information content (AvgIpc) is 2.98. The number of rotatable bonds is 6. The maximum absolute atomic E-state index is 11.8. The van der Waals surface area contributed by atoms with Crippen molar-refractivity contribution in [1.29, 1.82) is 0 Å². The van der Waals surface area contributed by atoms with E-state index in [2.05, 4.69) is 17.4 Å². The zero-order valence-electron chi connectivity index (χ0n) is 9.94. The smallest absolute Gasteiger partial charge is 0.230 e. The molecule has 3 atom stereocenters. The second-order valence-corrected chi connectivity index (χ2v) is 4.58. The van der Waals surface area contributed by atoms with Crippen LogP contribution >= 0.6 is 0 Å². The SMILES string of the molecule is CCCC(C(=O)NCC1CC1C)C(N)=NO. The Morgan fingerprint density at radius 1 is 1.69 bits per heavy atom. The molecule has 16 heavy (non-hydrogen) atoms. The summed E-state index contributed by atoms with van der Waals surface area (Å²) in [6.07, 6.45) is 2.62. The Bertz CT molecular complexity index is 278. The van der Waals surface area contributed by atoms with E-state index >= 15 is 0 Å². The zero-order valence-corrected chi connectivity index (χ0v) is 9.94. The number of carbonyl (C=O) groups excluding carboxylic acids is 1. The van der Waals surface area contributed by atoms with E-state index in [-0.39, 0.29) is 11.7 Å². The molecule has 0 aromatic heterocycles. The molecule has 0 aromatic rings. The van der Waals surface area contributed by atoms with Crippen LogP contribution in [-0.2, 0) is 4.79 Å². The van der Waals surface area contributed by atoms with Gasteiger partial charge < -0.3 is 16.3 Å². The third kappa shape index (κ3) is 3.40. The topological polar surface area (TPSA) is 87.7 Å². The van der Waals surface area contributed by atoms with Gasteiger partial charge in [0, 0.05) is 6.54 Å². The lowest BCUT2D eigenvalue weighted by Gasteiger charge is -2.14. The van der Waals surface area contributed by atoms with Crippen molar-refractivity contribution in [2.45, 2.75) is 33.1 Å². The molecule has 4 N–H and O–H groups in total. The second-order valence-electron chi connectivity index (χ2n) is 4.58. The Labute approximate surface area is 96.1 Å². The standard InChI is InChI=1S/C11H21N3O2/c1-3-4-9(10(12)14-16)11(15)13-6-8-5-7(8)2/h7-9,16H,3-6H2,1-2H3,(H2,12,14)(H,13,15). The predicted octanol–water partition coefficient (Wildman–Crippen LogP) is 0.921. The Morgan fingerprint density at radius 3 is 2.75 bits per heavy atom. The molecule has 0 aliphatic heterocycles. The van der Waals surface area contributed by atoms with Gasteiger partial charge in [0.25, 0.3) is 0 Å². The van der Waals surface area contributed by atoms with Crippen LogP contribution in [0.15, 0.2) is 5.16 Å². The van der Waals surface area contributed by atoms with E-state index < -0.39 is 5.92 Å². The number of hydrogen-bond acceptors (Lipinski definition) is 3. The fourth-order valence-corrected chi connectivity index (χ4v) is 1.81. The van der Waals surface area contributed by atoms with Gasteiger partial charge in [-0.05, 0) is 24.7 Å². The minimum Gasteiger partial charge on any atom is -0.409 e. The summed E-state index contributed by atoms with van der Waals surface area (Å²) < 4.78 is 0. The van der Waals surface area contributed by atoms with Crippen molar-refractivity contribution in [2.24, 2.45) is 28.6 Å². The Morgan fingerprint density at radius 2 is 2.31 bits per heavy atom. The van der Waals surface area contributed by atoms with Crippen LogP contribution in [0, 0.1) is 17.8 Å². The van der Waals surface area contributed by atoms with Crippen LogP contribution in [0.2, 0.25) is 0 Å². The van der Waals surface area contributed by atoms with Crippen LogP contribution in [-0.4, -0.2) is 23.5 Å². The van der Waals surface area contributed by atoms with Gasteiger partial charge in [-0.2, -0.15) is 0 Å². The van der Waals surface area contributed by atoms with Crippen molar-refractivity contribution >= 4 is 11.7 Å². The van der Waals surface area contributed by atoms with Crippen LogP contribution in [0.1, 0.15) is 33.1 Å². The van der Waals surface area contributed by atoms with Gasteiger partial charge in [0.2, 0.25) is 5.91 Å². The number of nitrogens with two attached hydrogens (primary N) is 1. The third-order valence-corrected chi connectivity index (χ3v) is 3.18. The number of amidine groups is 1. The first kappa shape index (κ1) is 12.8. The third-order valence-electron chi connectivity index (χ3n) is 3.18. The first-order valence-electron chi connectivity index (χ1n) is 5.85. The molecular weight excluding hydrogens is 206 g/mol. The molecule has 5 nitrogen and oxygen atoms in total. The van der Waals surface area contributed by atoms with Crippen molar-refractivity contribution in [3.8, 4) is 0 Å². The molecule has 5 heteroatoms. The molecule has 0 bridgehead atoms. The molecule has 1 saturated carbocycles. The van der Waals surface area contributed by atoms with Crippen LogP contribution in [0.4, 0.5) is 0 Å².